The Hall–Kier alpha value is -6.44. The Balaban J connectivity index is 1.05. The molecule has 0 saturated heterocycles. The van der Waals surface area contributed by atoms with Crippen molar-refractivity contribution in [2.45, 2.75) is 38.5 Å². The van der Waals surface area contributed by atoms with Crippen LogP contribution in [0, 0.1) is 0 Å². The molecule has 0 N–H and O–H groups in total. The van der Waals surface area contributed by atoms with Gasteiger partial charge in [0.25, 0.3) is 0 Å². The summed E-state index contributed by atoms with van der Waals surface area (Å²) in [5, 5.41) is 0. The number of rotatable bonds is 6. The summed E-state index contributed by atoms with van der Waals surface area (Å²) in [4.78, 5) is 2.38. The van der Waals surface area contributed by atoms with E-state index in [4.69, 9.17) is 0 Å². The molecule has 10 rings (SSSR count). The SMILES string of the molecule is CC1(C)c2cc(-c3cccc(N(c4ccccc4)c4cccc(-c5cccc(-c6ccccc6)c5)c4)c3)ccc2-c2c1ccc1c2C(C)(C)c2ccccc2-1. The number of para-hydroxylation sites is 1. The molecule has 0 heterocycles. The molecule has 0 fully saturated rings. The zero-order valence-electron chi connectivity index (χ0n) is 31.8. The number of benzene rings is 8. The first-order valence-corrected chi connectivity index (χ1v) is 19.4. The minimum atomic E-state index is -0.119. The number of anilines is 3. The third-order valence-electron chi connectivity index (χ3n) is 12.2. The van der Waals surface area contributed by atoms with Gasteiger partial charge in [-0.1, -0.05) is 167 Å². The fourth-order valence-corrected chi connectivity index (χ4v) is 9.46. The smallest absolute Gasteiger partial charge is 0.0467 e. The average molecular weight is 706 g/mol. The largest absolute Gasteiger partial charge is 0.310 e. The van der Waals surface area contributed by atoms with E-state index in [1.165, 1.54) is 77.9 Å². The average Bonchev–Trinajstić information content (AvgIpc) is 3.61. The van der Waals surface area contributed by atoms with Gasteiger partial charge in [-0.15, -0.1) is 0 Å². The zero-order valence-corrected chi connectivity index (χ0v) is 31.8. The second-order valence-electron chi connectivity index (χ2n) is 16.2. The van der Waals surface area contributed by atoms with E-state index in [9.17, 15) is 0 Å². The lowest BCUT2D eigenvalue weighted by Crippen LogP contribution is -2.18. The van der Waals surface area contributed by atoms with Crippen LogP contribution in [0.5, 0.6) is 0 Å². The van der Waals surface area contributed by atoms with Crippen molar-refractivity contribution in [2.24, 2.45) is 0 Å². The Bertz CT molecular complexity index is 2750. The molecule has 8 aromatic carbocycles. The summed E-state index contributed by atoms with van der Waals surface area (Å²) >= 11 is 0. The molecule has 0 atom stereocenters. The molecule has 8 aromatic rings. The van der Waals surface area contributed by atoms with Crippen LogP contribution in [0.4, 0.5) is 17.1 Å². The monoisotopic (exact) mass is 705 g/mol. The topological polar surface area (TPSA) is 3.24 Å². The number of hydrogen-bond acceptors (Lipinski definition) is 1. The second kappa shape index (κ2) is 12.6. The molecule has 0 unspecified atom stereocenters. The number of hydrogen-bond donors (Lipinski definition) is 0. The molecular weight excluding hydrogens is 663 g/mol. The van der Waals surface area contributed by atoms with Crippen LogP contribution in [0.25, 0.3) is 55.6 Å². The maximum atomic E-state index is 2.46. The summed E-state index contributed by atoms with van der Waals surface area (Å²) in [5.74, 6) is 0. The van der Waals surface area contributed by atoms with Crippen LogP contribution in [0.1, 0.15) is 49.9 Å². The molecule has 2 aliphatic rings. The molecule has 0 radical (unpaired) electrons. The Labute approximate surface area is 325 Å². The van der Waals surface area contributed by atoms with Gasteiger partial charge in [0.05, 0.1) is 0 Å². The van der Waals surface area contributed by atoms with Gasteiger partial charge in [-0.25, -0.2) is 0 Å². The molecule has 1 heteroatoms. The van der Waals surface area contributed by atoms with Crippen LogP contribution in [0.2, 0.25) is 0 Å². The van der Waals surface area contributed by atoms with E-state index in [0.29, 0.717) is 0 Å². The quantitative estimate of drug-likeness (QED) is 0.166. The van der Waals surface area contributed by atoms with Gasteiger partial charge in [-0.3, -0.25) is 0 Å². The standard InChI is InChI=1S/C54H43N/c1-53(2)49-31-30-46-45-26-11-12-27-48(45)54(3,4)52(46)51(49)47-29-28-41(35-50(47)53)40-21-15-25-44(34-40)55(42-22-9-6-10-23-42)43-24-14-20-39(33-43)38-19-13-18-37(32-38)36-16-7-5-8-17-36/h5-35H,1-4H3. The molecule has 264 valence electrons. The predicted octanol–water partition coefficient (Wildman–Crippen LogP) is 14.8. The van der Waals surface area contributed by atoms with Crippen molar-refractivity contribution in [3.05, 3.63) is 210 Å². The normalized spacial score (nSPS) is 14.1. The molecule has 0 aromatic heterocycles. The van der Waals surface area contributed by atoms with E-state index < -0.39 is 0 Å². The van der Waals surface area contributed by atoms with Gasteiger partial charge in [0, 0.05) is 27.9 Å². The minimum Gasteiger partial charge on any atom is -0.310 e. The summed E-state index contributed by atoms with van der Waals surface area (Å²) in [6.07, 6.45) is 0. The van der Waals surface area contributed by atoms with E-state index in [1.54, 1.807) is 0 Å². The highest BCUT2D eigenvalue weighted by molar-refractivity contribution is 5.95. The van der Waals surface area contributed by atoms with Gasteiger partial charge < -0.3 is 4.90 Å². The fourth-order valence-electron chi connectivity index (χ4n) is 9.46. The maximum absolute atomic E-state index is 2.46. The molecule has 55 heavy (non-hydrogen) atoms. The predicted molar refractivity (Wildman–Crippen MR) is 233 cm³/mol. The summed E-state index contributed by atoms with van der Waals surface area (Å²) in [6.45, 7) is 9.61. The molecule has 2 aliphatic carbocycles. The highest BCUT2D eigenvalue weighted by Gasteiger charge is 2.44. The Kier molecular flexibility index (Phi) is 7.58. The molecule has 1 nitrogen and oxygen atoms in total. The first-order valence-electron chi connectivity index (χ1n) is 19.4. The van der Waals surface area contributed by atoms with Gasteiger partial charge in [0.15, 0.2) is 0 Å². The Morgan fingerprint density at radius 3 is 1.51 bits per heavy atom. The lowest BCUT2D eigenvalue weighted by molar-refractivity contribution is 0.647. The van der Waals surface area contributed by atoms with Gasteiger partial charge >= 0.3 is 0 Å². The van der Waals surface area contributed by atoms with E-state index in [-0.39, 0.29) is 10.8 Å². The van der Waals surface area contributed by atoms with E-state index >= 15 is 0 Å². The highest BCUT2D eigenvalue weighted by atomic mass is 15.1. The van der Waals surface area contributed by atoms with Crippen molar-refractivity contribution >= 4 is 17.1 Å². The lowest BCUT2D eigenvalue weighted by atomic mass is 9.77. The van der Waals surface area contributed by atoms with Crippen LogP contribution < -0.4 is 4.90 Å². The van der Waals surface area contributed by atoms with Crippen LogP contribution in [-0.4, -0.2) is 0 Å². The first-order chi connectivity index (χ1) is 26.8. The molecule has 0 aliphatic heterocycles. The third kappa shape index (κ3) is 5.29. The summed E-state index contributed by atoms with van der Waals surface area (Å²) in [7, 11) is 0. The molecule has 0 amide bonds. The van der Waals surface area contributed by atoms with Gasteiger partial charge in [-0.05, 0) is 126 Å². The third-order valence-corrected chi connectivity index (χ3v) is 12.2. The summed E-state index contributed by atoms with van der Waals surface area (Å²) < 4.78 is 0. The van der Waals surface area contributed by atoms with Gasteiger partial charge in [-0.2, -0.15) is 0 Å². The van der Waals surface area contributed by atoms with Crippen molar-refractivity contribution < 1.29 is 0 Å². The fraction of sp³-hybridized carbons (Fsp3) is 0.111. The van der Waals surface area contributed by atoms with E-state index in [1.807, 2.05) is 0 Å². The van der Waals surface area contributed by atoms with Crippen LogP contribution in [0.15, 0.2) is 188 Å². The van der Waals surface area contributed by atoms with Crippen molar-refractivity contribution in [3.63, 3.8) is 0 Å². The first kappa shape index (κ1) is 33.2. The zero-order chi connectivity index (χ0) is 37.3. The van der Waals surface area contributed by atoms with Crippen molar-refractivity contribution in [1.82, 2.24) is 0 Å². The van der Waals surface area contributed by atoms with Crippen LogP contribution in [0.3, 0.4) is 0 Å². The molecular formula is C54H43N. The molecule has 0 bridgehead atoms. The van der Waals surface area contributed by atoms with Crippen LogP contribution >= 0.6 is 0 Å². The Morgan fingerprint density at radius 2 is 0.818 bits per heavy atom. The molecule has 0 spiro atoms. The number of fused-ring (bicyclic) bond motifs is 7. The summed E-state index contributed by atoms with van der Waals surface area (Å²) in [6, 6.07) is 69.1. The summed E-state index contributed by atoms with van der Waals surface area (Å²) in [5.41, 5.74) is 21.7. The van der Waals surface area contributed by atoms with E-state index in [0.717, 1.165) is 17.1 Å². The van der Waals surface area contributed by atoms with Gasteiger partial charge in [0.1, 0.15) is 0 Å². The van der Waals surface area contributed by atoms with Crippen LogP contribution in [-0.2, 0) is 10.8 Å². The second-order valence-corrected chi connectivity index (χ2v) is 16.2. The van der Waals surface area contributed by atoms with Crippen molar-refractivity contribution in [2.75, 3.05) is 4.90 Å². The van der Waals surface area contributed by atoms with Crippen molar-refractivity contribution in [3.8, 4) is 55.6 Å². The Morgan fingerprint density at radius 1 is 0.309 bits per heavy atom. The molecule has 0 saturated carbocycles. The van der Waals surface area contributed by atoms with E-state index in [2.05, 4.69) is 221 Å². The highest BCUT2D eigenvalue weighted by Crippen LogP contribution is 2.59. The number of nitrogens with zero attached hydrogens (tertiary/aromatic N) is 1. The lowest BCUT2D eigenvalue weighted by Gasteiger charge is -2.27. The van der Waals surface area contributed by atoms with Gasteiger partial charge in [0.2, 0.25) is 0 Å². The van der Waals surface area contributed by atoms with Crippen molar-refractivity contribution in [1.29, 1.82) is 0 Å². The minimum absolute atomic E-state index is 0.0646. The maximum Gasteiger partial charge on any atom is 0.0467 e.